The van der Waals surface area contributed by atoms with Gasteiger partial charge in [-0.15, -0.1) is 0 Å². The van der Waals surface area contributed by atoms with E-state index >= 15 is 0 Å². The number of nitrogens with one attached hydrogen (secondary N) is 1. The molecule has 0 aliphatic carbocycles. The van der Waals surface area contributed by atoms with Crippen molar-refractivity contribution in [2.75, 3.05) is 12.4 Å². The smallest absolute Gasteiger partial charge is 0.238 e. The van der Waals surface area contributed by atoms with Crippen molar-refractivity contribution in [2.45, 2.75) is 0 Å². The van der Waals surface area contributed by atoms with Gasteiger partial charge in [-0.25, -0.2) is 9.37 Å². The van der Waals surface area contributed by atoms with E-state index in [2.05, 4.69) is 47.1 Å². The fourth-order valence-electron chi connectivity index (χ4n) is 1.20. The highest BCUT2D eigenvalue weighted by atomic mass is 79.9. The zero-order valence-corrected chi connectivity index (χ0v) is 12.4. The molecule has 0 radical (unpaired) electrons. The molecule has 0 aliphatic heterocycles. The highest BCUT2D eigenvalue weighted by Crippen LogP contribution is 2.31. The average Bonchev–Trinajstić information content (AvgIpc) is 2.36. The molecule has 0 aliphatic rings. The van der Waals surface area contributed by atoms with Crippen LogP contribution in [0, 0.1) is 5.82 Å². The molecule has 7 heteroatoms. The van der Waals surface area contributed by atoms with Crippen LogP contribution < -0.4 is 10.1 Å². The van der Waals surface area contributed by atoms with E-state index in [4.69, 9.17) is 4.74 Å². The second-order valence-electron chi connectivity index (χ2n) is 3.27. The second kappa shape index (κ2) is 5.62. The largest absolute Gasteiger partial charge is 0.435 e. The minimum absolute atomic E-state index is 0.0887. The molecule has 1 N–H and O–H groups in total. The van der Waals surface area contributed by atoms with E-state index in [0.717, 1.165) is 4.47 Å². The first-order valence-electron chi connectivity index (χ1n) is 4.93. The molecule has 0 fully saturated rings. The summed E-state index contributed by atoms with van der Waals surface area (Å²) in [5, 5.41) is 2.78. The van der Waals surface area contributed by atoms with E-state index in [1.54, 1.807) is 13.1 Å². The SMILES string of the molecule is CNc1ncc(Br)c(Oc2cc(Br)ccc2F)n1. The van der Waals surface area contributed by atoms with Crippen LogP contribution in [0.4, 0.5) is 10.3 Å². The Hall–Kier alpha value is -1.21. The van der Waals surface area contributed by atoms with Gasteiger partial charge in [-0.2, -0.15) is 4.98 Å². The van der Waals surface area contributed by atoms with Crippen LogP contribution in [0.3, 0.4) is 0 Å². The predicted molar refractivity (Wildman–Crippen MR) is 73.5 cm³/mol. The topological polar surface area (TPSA) is 47.0 Å². The molecule has 2 rings (SSSR count). The number of hydrogen-bond donors (Lipinski definition) is 1. The Morgan fingerprint density at radius 3 is 2.83 bits per heavy atom. The number of anilines is 1. The molecule has 94 valence electrons. The molecule has 0 amide bonds. The number of halogens is 3. The predicted octanol–water partition coefficient (Wildman–Crippen LogP) is 3.97. The molecule has 0 atom stereocenters. The number of ether oxygens (including phenoxy) is 1. The second-order valence-corrected chi connectivity index (χ2v) is 5.04. The van der Waals surface area contributed by atoms with Gasteiger partial charge in [-0.3, -0.25) is 0 Å². The van der Waals surface area contributed by atoms with Crippen LogP contribution in [-0.4, -0.2) is 17.0 Å². The summed E-state index contributed by atoms with van der Waals surface area (Å²) in [5.41, 5.74) is 0. The fourth-order valence-corrected chi connectivity index (χ4v) is 1.82. The van der Waals surface area contributed by atoms with Crippen molar-refractivity contribution in [3.05, 3.63) is 39.2 Å². The first-order chi connectivity index (χ1) is 8.60. The van der Waals surface area contributed by atoms with Gasteiger partial charge in [0.05, 0.1) is 10.7 Å². The van der Waals surface area contributed by atoms with E-state index in [9.17, 15) is 4.39 Å². The summed E-state index contributed by atoms with van der Waals surface area (Å²) >= 11 is 6.50. The Labute approximate surface area is 120 Å². The first-order valence-corrected chi connectivity index (χ1v) is 6.52. The highest BCUT2D eigenvalue weighted by molar-refractivity contribution is 9.10. The maximum atomic E-state index is 13.5. The molecule has 0 spiro atoms. The van der Waals surface area contributed by atoms with Crippen molar-refractivity contribution < 1.29 is 9.13 Å². The molecule has 18 heavy (non-hydrogen) atoms. The van der Waals surface area contributed by atoms with Gasteiger partial charge in [0.2, 0.25) is 11.8 Å². The average molecular weight is 377 g/mol. The molecule has 0 saturated heterocycles. The van der Waals surface area contributed by atoms with E-state index in [1.165, 1.54) is 18.3 Å². The lowest BCUT2D eigenvalue weighted by Crippen LogP contribution is -1.99. The van der Waals surface area contributed by atoms with Crippen molar-refractivity contribution in [3.63, 3.8) is 0 Å². The Kier molecular flexibility index (Phi) is 4.13. The Bertz CT molecular complexity index is 580. The molecule has 1 aromatic carbocycles. The molecular weight excluding hydrogens is 369 g/mol. The lowest BCUT2D eigenvalue weighted by atomic mass is 10.3. The number of aromatic nitrogens is 2. The van der Waals surface area contributed by atoms with E-state index < -0.39 is 5.82 Å². The number of rotatable bonds is 3. The number of nitrogens with zero attached hydrogens (tertiary/aromatic N) is 2. The van der Waals surface area contributed by atoms with Crippen LogP contribution in [0.1, 0.15) is 0 Å². The Balaban J connectivity index is 2.36. The van der Waals surface area contributed by atoms with Crippen molar-refractivity contribution in [1.29, 1.82) is 0 Å². The van der Waals surface area contributed by atoms with Gasteiger partial charge in [0.25, 0.3) is 0 Å². The summed E-state index contributed by atoms with van der Waals surface area (Å²) in [6, 6.07) is 4.44. The minimum atomic E-state index is -0.463. The standard InChI is InChI=1S/C11H8Br2FN3O/c1-15-11-16-5-7(13)10(17-11)18-9-4-6(12)2-3-8(9)14/h2-5H,1H3,(H,15,16,17). The molecule has 0 unspecified atom stereocenters. The van der Waals surface area contributed by atoms with E-state index in [1.807, 2.05) is 0 Å². The van der Waals surface area contributed by atoms with Gasteiger partial charge in [-0.05, 0) is 34.1 Å². The zero-order chi connectivity index (χ0) is 13.1. The van der Waals surface area contributed by atoms with Crippen molar-refractivity contribution >= 4 is 37.8 Å². The summed E-state index contributed by atoms with van der Waals surface area (Å²) < 4.78 is 20.2. The summed E-state index contributed by atoms with van der Waals surface area (Å²) in [7, 11) is 1.69. The van der Waals surface area contributed by atoms with Crippen LogP contribution in [0.25, 0.3) is 0 Å². The summed E-state index contributed by atoms with van der Waals surface area (Å²) in [6.45, 7) is 0. The molecular formula is C11H8Br2FN3O. The highest BCUT2D eigenvalue weighted by Gasteiger charge is 2.10. The van der Waals surface area contributed by atoms with Gasteiger partial charge < -0.3 is 10.1 Å². The van der Waals surface area contributed by atoms with Crippen LogP contribution in [0.15, 0.2) is 33.3 Å². The van der Waals surface area contributed by atoms with Gasteiger partial charge in [0.1, 0.15) is 0 Å². The first kappa shape index (κ1) is 13.2. The number of benzene rings is 1. The zero-order valence-electron chi connectivity index (χ0n) is 9.25. The lowest BCUT2D eigenvalue weighted by molar-refractivity contribution is 0.424. The quantitative estimate of drug-likeness (QED) is 0.880. The van der Waals surface area contributed by atoms with Gasteiger partial charge in [0.15, 0.2) is 11.6 Å². The van der Waals surface area contributed by atoms with Gasteiger partial charge in [0, 0.05) is 11.5 Å². The maximum Gasteiger partial charge on any atom is 0.238 e. The summed E-state index contributed by atoms with van der Waals surface area (Å²) in [6.07, 6.45) is 1.53. The van der Waals surface area contributed by atoms with Crippen LogP contribution in [0.5, 0.6) is 11.6 Å². The molecule has 0 bridgehead atoms. The molecule has 0 saturated carbocycles. The minimum Gasteiger partial charge on any atom is -0.435 e. The number of hydrogen-bond acceptors (Lipinski definition) is 4. The maximum absolute atomic E-state index is 13.5. The van der Waals surface area contributed by atoms with Crippen molar-refractivity contribution in [3.8, 4) is 11.6 Å². The lowest BCUT2D eigenvalue weighted by Gasteiger charge is -2.08. The Morgan fingerprint density at radius 2 is 2.11 bits per heavy atom. The van der Waals surface area contributed by atoms with Crippen LogP contribution in [-0.2, 0) is 0 Å². The Morgan fingerprint density at radius 1 is 1.33 bits per heavy atom. The molecule has 1 heterocycles. The third-order valence-corrected chi connectivity index (χ3v) is 3.07. The van der Waals surface area contributed by atoms with E-state index in [-0.39, 0.29) is 11.6 Å². The van der Waals surface area contributed by atoms with Crippen LogP contribution >= 0.6 is 31.9 Å². The monoisotopic (exact) mass is 375 g/mol. The molecule has 4 nitrogen and oxygen atoms in total. The van der Waals surface area contributed by atoms with E-state index in [0.29, 0.717) is 10.4 Å². The third kappa shape index (κ3) is 2.97. The molecule has 1 aromatic heterocycles. The van der Waals surface area contributed by atoms with Crippen LogP contribution in [0.2, 0.25) is 0 Å². The fraction of sp³-hybridized carbons (Fsp3) is 0.0909. The molecule has 2 aromatic rings. The third-order valence-electron chi connectivity index (χ3n) is 2.04. The summed E-state index contributed by atoms with van der Waals surface area (Å²) in [5.74, 6) is 0.260. The van der Waals surface area contributed by atoms with Crippen molar-refractivity contribution in [1.82, 2.24) is 9.97 Å². The van der Waals surface area contributed by atoms with Gasteiger partial charge in [-0.1, -0.05) is 15.9 Å². The van der Waals surface area contributed by atoms with Crippen molar-refractivity contribution in [2.24, 2.45) is 0 Å². The normalized spacial score (nSPS) is 10.2. The van der Waals surface area contributed by atoms with Gasteiger partial charge >= 0.3 is 0 Å². The summed E-state index contributed by atoms with van der Waals surface area (Å²) in [4.78, 5) is 8.07.